The molecule has 138 valence electrons. The van der Waals surface area contributed by atoms with Crippen LogP contribution < -0.4 is 20.2 Å². The minimum Gasteiger partial charge on any atom is -0.497 e. The van der Waals surface area contributed by atoms with Gasteiger partial charge in [0.25, 0.3) is 5.91 Å². The molecule has 8 nitrogen and oxygen atoms in total. The summed E-state index contributed by atoms with van der Waals surface area (Å²) in [5.74, 6) is 0.300. The van der Waals surface area contributed by atoms with Gasteiger partial charge in [0.05, 0.1) is 38.2 Å². The van der Waals surface area contributed by atoms with Gasteiger partial charge in [0.15, 0.2) is 5.69 Å². The molecule has 0 spiro atoms. The van der Waals surface area contributed by atoms with E-state index in [1.54, 1.807) is 49.7 Å². The van der Waals surface area contributed by atoms with Gasteiger partial charge in [-0.25, -0.2) is 4.68 Å². The highest BCUT2D eigenvalue weighted by Gasteiger charge is 2.17. The minimum absolute atomic E-state index is 0.190. The van der Waals surface area contributed by atoms with Crippen molar-refractivity contribution >= 4 is 5.91 Å². The van der Waals surface area contributed by atoms with E-state index in [0.29, 0.717) is 17.1 Å². The SMILES string of the molecule is COc1ccc(-n2nc(C(=O)NCc3ccccn3)c(=O)cc2OC)cc1. The van der Waals surface area contributed by atoms with E-state index < -0.39 is 11.3 Å². The average Bonchev–Trinajstić information content (AvgIpc) is 2.72. The molecule has 0 fully saturated rings. The van der Waals surface area contributed by atoms with E-state index >= 15 is 0 Å². The van der Waals surface area contributed by atoms with Crippen LogP contribution in [-0.4, -0.2) is 34.9 Å². The number of rotatable bonds is 6. The van der Waals surface area contributed by atoms with Gasteiger partial charge in [0.2, 0.25) is 11.3 Å². The number of amides is 1. The fourth-order valence-corrected chi connectivity index (χ4v) is 2.41. The Morgan fingerprint density at radius 3 is 2.52 bits per heavy atom. The molecule has 0 saturated carbocycles. The van der Waals surface area contributed by atoms with Crippen LogP contribution in [0.15, 0.2) is 59.5 Å². The zero-order valence-corrected chi connectivity index (χ0v) is 14.9. The second-order valence-corrected chi connectivity index (χ2v) is 5.51. The molecule has 1 aromatic carbocycles. The molecule has 0 atom stereocenters. The Balaban J connectivity index is 1.91. The summed E-state index contributed by atoms with van der Waals surface area (Å²) >= 11 is 0. The first-order valence-corrected chi connectivity index (χ1v) is 8.13. The van der Waals surface area contributed by atoms with E-state index in [9.17, 15) is 9.59 Å². The number of carbonyl (C=O) groups excluding carboxylic acids is 1. The maximum atomic E-state index is 12.4. The van der Waals surface area contributed by atoms with Gasteiger partial charge in [-0.1, -0.05) is 6.07 Å². The number of nitrogens with one attached hydrogen (secondary N) is 1. The van der Waals surface area contributed by atoms with Crippen molar-refractivity contribution in [2.45, 2.75) is 6.54 Å². The standard InChI is InChI=1S/C19H18N4O4/c1-26-15-8-6-14(7-9-15)23-17(27-2)11-16(24)18(22-23)19(25)21-12-13-5-3-4-10-20-13/h3-11H,12H2,1-2H3,(H,21,25). The van der Waals surface area contributed by atoms with Crippen molar-refractivity contribution in [3.63, 3.8) is 0 Å². The van der Waals surface area contributed by atoms with E-state index in [1.807, 2.05) is 6.07 Å². The number of methoxy groups -OCH3 is 2. The first kappa shape index (κ1) is 18.1. The van der Waals surface area contributed by atoms with Crippen LogP contribution in [0.1, 0.15) is 16.2 Å². The maximum absolute atomic E-state index is 12.4. The number of carbonyl (C=O) groups is 1. The van der Waals surface area contributed by atoms with Gasteiger partial charge < -0.3 is 14.8 Å². The monoisotopic (exact) mass is 366 g/mol. The Labute approximate surface area is 155 Å². The molecule has 2 aromatic heterocycles. The number of hydrogen-bond acceptors (Lipinski definition) is 6. The van der Waals surface area contributed by atoms with Crippen LogP contribution in [-0.2, 0) is 6.54 Å². The number of ether oxygens (including phenoxy) is 2. The van der Waals surface area contributed by atoms with E-state index in [2.05, 4.69) is 15.4 Å². The predicted octanol–water partition coefficient (Wildman–Crippen LogP) is 1.57. The third-order valence-electron chi connectivity index (χ3n) is 3.79. The van der Waals surface area contributed by atoms with Gasteiger partial charge in [-0.3, -0.25) is 14.6 Å². The molecule has 0 aliphatic carbocycles. The normalized spacial score (nSPS) is 10.3. The summed E-state index contributed by atoms with van der Waals surface area (Å²) in [6.07, 6.45) is 1.63. The molecular weight excluding hydrogens is 348 g/mol. The Bertz CT molecular complexity index is 985. The highest BCUT2D eigenvalue weighted by molar-refractivity contribution is 5.92. The summed E-state index contributed by atoms with van der Waals surface area (Å²) in [6, 6.07) is 13.6. The van der Waals surface area contributed by atoms with Crippen LogP contribution in [0, 0.1) is 0 Å². The van der Waals surface area contributed by atoms with Gasteiger partial charge in [-0.2, -0.15) is 5.10 Å². The highest BCUT2D eigenvalue weighted by Crippen LogP contribution is 2.18. The van der Waals surface area contributed by atoms with Crippen LogP contribution >= 0.6 is 0 Å². The van der Waals surface area contributed by atoms with Gasteiger partial charge >= 0.3 is 0 Å². The summed E-state index contributed by atoms with van der Waals surface area (Å²) < 4.78 is 11.7. The molecule has 0 aliphatic heterocycles. The zero-order valence-electron chi connectivity index (χ0n) is 14.9. The summed E-state index contributed by atoms with van der Waals surface area (Å²) in [5.41, 5.74) is 0.527. The number of aromatic nitrogens is 3. The largest absolute Gasteiger partial charge is 0.497 e. The molecule has 3 aromatic rings. The molecule has 0 aliphatic rings. The summed E-state index contributed by atoms with van der Waals surface area (Å²) in [5, 5.41) is 6.84. The first-order chi connectivity index (χ1) is 13.1. The molecule has 2 heterocycles. The summed E-state index contributed by atoms with van der Waals surface area (Å²) in [7, 11) is 2.99. The second-order valence-electron chi connectivity index (χ2n) is 5.51. The predicted molar refractivity (Wildman–Crippen MR) is 98.3 cm³/mol. The maximum Gasteiger partial charge on any atom is 0.276 e. The molecule has 0 bridgehead atoms. The van der Waals surface area contributed by atoms with E-state index in [1.165, 1.54) is 17.9 Å². The van der Waals surface area contributed by atoms with E-state index in [-0.39, 0.29) is 18.1 Å². The first-order valence-electron chi connectivity index (χ1n) is 8.13. The smallest absolute Gasteiger partial charge is 0.276 e. The molecule has 0 saturated heterocycles. The van der Waals surface area contributed by atoms with Gasteiger partial charge in [0, 0.05) is 6.20 Å². The molecular formula is C19H18N4O4. The van der Waals surface area contributed by atoms with Crippen LogP contribution in [0.3, 0.4) is 0 Å². The molecule has 1 N–H and O–H groups in total. The Morgan fingerprint density at radius 1 is 1.11 bits per heavy atom. The van der Waals surface area contributed by atoms with Crippen LogP contribution in [0.2, 0.25) is 0 Å². The molecule has 3 rings (SSSR count). The van der Waals surface area contributed by atoms with Crippen LogP contribution in [0.25, 0.3) is 5.69 Å². The average molecular weight is 366 g/mol. The second kappa shape index (κ2) is 8.13. The van der Waals surface area contributed by atoms with Crippen molar-refractivity contribution in [2.24, 2.45) is 0 Å². The summed E-state index contributed by atoms with van der Waals surface area (Å²) in [6.45, 7) is 0.190. The van der Waals surface area contributed by atoms with Crippen molar-refractivity contribution in [3.05, 3.63) is 76.3 Å². The number of nitrogens with zero attached hydrogens (tertiary/aromatic N) is 3. The van der Waals surface area contributed by atoms with Crippen molar-refractivity contribution in [1.29, 1.82) is 0 Å². The third-order valence-corrected chi connectivity index (χ3v) is 3.79. The quantitative estimate of drug-likeness (QED) is 0.712. The molecule has 27 heavy (non-hydrogen) atoms. The number of pyridine rings is 1. The van der Waals surface area contributed by atoms with Gasteiger partial charge in [-0.05, 0) is 36.4 Å². The van der Waals surface area contributed by atoms with Crippen LogP contribution in [0.4, 0.5) is 0 Å². The number of benzene rings is 1. The lowest BCUT2D eigenvalue weighted by atomic mass is 10.3. The fraction of sp³-hybridized carbons (Fsp3) is 0.158. The van der Waals surface area contributed by atoms with Gasteiger partial charge in [-0.15, -0.1) is 0 Å². The van der Waals surface area contributed by atoms with E-state index in [0.717, 1.165) is 0 Å². The molecule has 0 unspecified atom stereocenters. The zero-order chi connectivity index (χ0) is 19.2. The van der Waals surface area contributed by atoms with Crippen molar-refractivity contribution in [2.75, 3.05) is 14.2 Å². The van der Waals surface area contributed by atoms with Crippen molar-refractivity contribution < 1.29 is 14.3 Å². The van der Waals surface area contributed by atoms with E-state index in [4.69, 9.17) is 9.47 Å². The molecule has 1 amide bonds. The lowest BCUT2D eigenvalue weighted by Gasteiger charge is -2.13. The lowest BCUT2D eigenvalue weighted by molar-refractivity contribution is 0.0942. The molecule has 0 radical (unpaired) electrons. The third kappa shape index (κ3) is 4.12. The van der Waals surface area contributed by atoms with Crippen molar-refractivity contribution in [3.8, 4) is 17.3 Å². The fourth-order valence-electron chi connectivity index (χ4n) is 2.41. The Kier molecular flexibility index (Phi) is 5.46. The number of hydrogen-bond donors (Lipinski definition) is 1. The Hall–Kier alpha value is -3.68. The molecule has 8 heteroatoms. The summed E-state index contributed by atoms with van der Waals surface area (Å²) in [4.78, 5) is 28.9. The van der Waals surface area contributed by atoms with Gasteiger partial charge in [0.1, 0.15) is 5.75 Å². The highest BCUT2D eigenvalue weighted by atomic mass is 16.5. The minimum atomic E-state index is -0.587. The topological polar surface area (TPSA) is 95.3 Å². The lowest BCUT2D eigenvalue weighted by Crippen LogP contribution is -2.31. The van der Waals surface area contributed by atoms with Crippen molar-refractivity contribution in [1.82, 2.24) is 20.1 Å². The van der Waals surface area contributed by atoms with Crippen LogP contribution in [0.5, 0.6) is 11.6 Å². The Morgan fingerprint density at radius 2 is 1.89 bits per heavy atom.